The van der Waals surface area contributed by atoms with Crippen molar-refractivity contribution in [2.75, 3.05) is 6.54 Å². The maximum atomic E-state index is 13.0. The van der Waals surface area contributed by atoms with Crippen LogP contribution >= 0.6 is 0 Å². The van der Waals surface area contributed by atoms with Crippen LogP contribution in [-0.4, -0.2) is 32.1 Å². The molecule has 2 heterocycles. The molecule has 1 aromatic heterocycles. The van der Waals surface area contributed by atoms with Crippen molar-refractivity contribution in [3.63, 3.8) is 0 Å². The summed E-state index contributed by atoms with van der Waals surface area (Å²) in [6, 6.07) is 8.39. The van der Waals surface area contributed by atoms with Gasteiger partial charge in [0.2, 0.25) is 5.91 Å². The highest BCUT2D eigenvalue weighted by molar-refractivity contribution is 5.84. The third-order valence-corrected chi connectivity index (χ3v) is 4.92. The highest BCUT2D eigenvalue weighted by Crippen LogP contribution is 2.33. The molecule has 0 saturated carbocycles. The van der Waals surface area contributed by atoms with Gasteiger partial charge < -0.3 is 9.47 Å². The minimum absolute atomic E-state index is 0.0144. The SMILES string of the molecule is Cc1nnc2n1CCN(C(=O)[C@@H]1CCCc3ccccc31)C2. The Morgan fingerprint density at radius 3 is 3.00 bits per heavy atom. The van der Waals surface area contributed by atoms with Gasteiger partial charge in [-0.3, -0.25) is 4.79 Å². The lowest BCUT2D eigenvalue weighted by atomic mass is 9.82. The molecule has 1 aliphatic carbocycles. The zero-order chi connectivity index (χ0) is 15.1. The predicted octanol–water partition coefficient (Wildman–Crippen LogP) is 2.05. The van der Waals surface area contributed by atoms with Gasteiger partial charge in [-0.15, -0.1) is 10.2 Å². The third kappa shape index (κ3) is 2.12. The quantitative estimate of drug-likeness (QED) is 0.809. The van der Waals surface area contributed by atoms with Crippen LogP contribution < -0.4 is 0 Å². The van der Waals surface area contributed by atoms with Crippen LogP contribution in [0.2, 0.25) is 0 Å². The van der Waals surface area contributed by atoms with Gasteiger partial charge in [0.05, 0.1) is 12.5 Å². The minimum atomic E-state index is 0.0144. The number of carbonyl (C=O) groups is 1. The monoisotopic (exact) mass is 296 g/mol. The Balaban J connectivity index is 1.59. The lowest BCUT2D eigenvalue weighted by molar-refractivity contribution is -0.134. The molecule has 0 N–H and O–H groups in total. The Morgan fingerprint density at radius 2 is 2.09 bits per heavy atom. The number of aryl methyl sites for hydroxylation is 2. The molecule has 1 atom stereocenters. The van der Waals surface area contributed by atoms with Crippen LogP contribution in [0, 0.1) is 6.92 Å². The average Bonchev–Trinajstić information content (AvgIpc) is 2.94. The van der Waals surface area contributed by atoms with E-state index in [9.17, 15) is 4.79 Å². The first-order valence-corrected chi connectivity index (χ1v) is 7.99. The van der Waals surface area contributed by atoms with Crippen molar-refractivity contribution in [1.82, 2.24) is 19.7 Å². The molecule has 0 radical (unpaired) electrons. The fraction of sp³-hybridized carbons (Fsp3) is 0.471. The molecule has 0 fully saturated rings. The molecule has 5 nitrogen and oxygen atoms in total. The van der Waals surface area contributed by atoms with Gasteiger partial charge in [-0.1, -0.05) is 24.3 Å². The molecular weight excluding hydrogens is 276 g/mol. The van der Waals surface area contributed by atoms with E-state index >= 15 is 0 Å². The molecule has 0 bridgehead atoms. The summed E-state index contributed by atoms with van der Waals surface area (Å²) in [6.07, 6.45) is 3.14. The molecular formula is C17H20N4O. The van der Waals surface area contributed by atoms with Crippen molar-refractivity contribution >= 4 is 5.91 Å². The zero-order valence-corrected chi connectivity index (χ0v) is 12.8. The number of carbonyl (C=O) groups excluding carboxylic acids is 1. The Morgan fingerprint density at radius 1 is 1.23 bits per heavy atom. The molecule has 4 rings (SSSR count). The van der Waals surface area contributed by atoms with Crippen LogP contribution in [0.5, 0.6) is 0 Å². The van der Waals surface area contributed by atoms with Crippen LogP contribution in [-0.2, 0) is 24.3 Å². The third-order valence-electron chi connectivity index (χ3n) is 4.92. The average molecular weight is 296 g/mol. The first kappa shape index (κ1) is 13.5. The second-order valence-electron chi connectivity index (χ2n) is 6.22. The molecule has 1 aliphatic heterocycles. The number of amides is 1. The van der Waals surface area contributed by atoms with Gasteiger partial charge in [0, 0.05) is 13.1 Å². The molecule has 0 unspecified atom stereocenters. The van der Waals surface area contributed by atoms with E-state index in [1.807, 2.05) is 17.9 Å². The molecule has 1 amide bonds. The number of hydrogen-bond donors (Lipinski definition) is 0. The standard InChI is InChI=1S/C17H20N4O/c1-12-18-19-16-11-20(9-10-21(12)16)17(22)15-8-4-6-13-5-2-3-7-14(13)15/h2-3,5,7,15H,4,6,8-11H2,1H3/t15-/m1/s1. The minimum Gasteiger partial charge on any atom is -0.333 e. The van der Waals surface area contributed by atoms with Crippen molar-refractivity contribution in [3.05, 3.63) is 47.0 Å². The molecule has 5 heteroatoms. The van der Waals surface area contributed by atoms with Gasteiger partial charge in [0.15, 0.2) is 5.82 Å². The van der Waals surface area contributed by atoms with Crippen molar-refractivity contribution in [2.45, 2.75) is 45.2 Å². The van der Waals surface area contributed by atoms with E-state index < -0.39 is 0 Å². The summed E-state index contributed by atoms with van der Waals surface area (Å²) in [4.78, 5) is 15.0. The fourth-order valence-electron chi connectivity index (χ4n) is 3.72. The molecule has 22 heavy (non-hydrogen) atoms. The summed E-state index contributed by atoms with van der Waals surface area (Å²) in [5.41, 5.74) is 2.56. The first-order chi connectivity index (χ1) is 10.7. The Bertz CT molecular complexity index is 721. The summed E-state index contributed by atoms with van der Waals surface area (Å²) in [5, 5.41) is 8.31. The number of aromatic nitrogens is 3. The number of fused-ring (bicyclic) bond motifs is 2. The maximum absolute atomic E-state index is 13.0. The van der Waals surface area contributed by atoms with Crippen LogP contribution in [0.25, 0.3) is 0 Å². The summed E-state index contributed by atoms with van der Waals surface area (Å²) < 4.78 is 2.11. The van der Waals surface area contributed by atoms with E-state index in [4.69, 9.17) is 0 Å². The molecule has 0 saturated heterocycles. The van der Waals surface area contributed by atoms with E-state index in [0.717, 1.165) is 44.0 Å². The van der Waals surface area contributed by atoms with Gasteiger partial charge in [0.25, 0.3) is 0 Å². The molecule has 2 aromatic rings. The fourth-order valence-corrected chi connectivity index (χ4v) is 3.72. The van der Waals surface area contributed by atoms with Crippen molar-refractivity contribution < 1.29 is 4.79 Å². The first-order valence-electron chi connectivity index (χ1n) is 7.99. The van der Waals surface area contributed by atoms with Crippen molar-refractivity contribution in [1.29, 1.82) is 0 Å². The second-order valence-corrected chi connectivity index (χ2v) is 6.22. The Labute approximate surface area is 130 Å². The van der Waals surface area contributed by atoms with E-state index in [-0.39, 0.29) is 11.8 Å². The highest BCUT2D eigenvalue weighted by atomic mass is 16.2. The summed E-state index contributed by atoms with van der Waals surface area (Å²) >= 11 is 0. The predicted molar refractivity (Wildman–Crippen MR) is 82.3 cm³/mol. The molecule has 114 valence electrons. The van der Waals surface area contributed by atoms with E-state index in [1.54, 1.807) is 0 Å². The molecule has 2 aliphatic rings. The number of nitrogens with zero attached hydrogens (tertiary/aromatic N) is 4. The van der Waals surface area contributed by atoms with Crippen LogP contribution in [0.3, 0.4) is 0 Å². The molecule has 0 spiro atoms. The lowest BCUT2D eigenvalue weighted by Crippen LogP contribution is -2.41. The largest absolute Gasteiger partial charge is 0.333 e. The van der Waals surface area contributed by atoms with E-state index in [2.05, 4.69) is 33.0 Å². The Hall–Kier alpha value is -2.17. The summed E-state index contributed by atoms with van der Waals surface area (Å²) in [6.45, 7) is 4.10. The second kappa shape index (κ2) is 5.23. The summed E-state index contributed by atoms with van der Waals surface area (Å²) in [5.74, 6) is 2.10. The van der Waals surface area contributed by atoms with Gasteiger partial charge in [-0.25, -0.2) is 0 Å². The van der Waals surface area contributed by atoms with Gasteiger partial charge in [-0.05, 0) is 37.3 Å². The van der Waals surface area contributed by atoms with Crippen LogP contribution in [0.4, 0.5) is 0 Å². The van der Waals surface area contributed by atoms with Crippen LogP contribution in [0.1, 0.15) is 41.5 Å². The normalized spacial score (nSPS) is 20.4. The summed E-state index contributed by atoms with van der Waals surface area (Å²) in [7, 11) is 0. The number of benzene rings is 1. The lowest BCUT2D eigenvalue weighted by Gasteiger charge is -2.33. The van der Waals surface area contributed by atoms with Crippen molar-refractivity contribution in [3.8, 4) is 0 Å². The van der Waals surface area contributed by atoms with Gasteiger partial charge >= 0.3 is 0 Å². The molecule has 1 aromatic carbocycles. The maximum Gasteiger partial charge on any atom is 0.230 e. The smallest absolute Gasteiger partial charge is 0.230 e. The van der Waals surface area contributed by atoms with Gasteiger partial charge in [-0.2, -0.15) is 0 Å². The van der Waals surface area contributed by atoms with Crippen LogP contribution in [0.15, 0.2) is 24.3 Å². The van der Waals surface area contributed by atoms with Gasteiger partial charge in [0.1, 0.15) is 5.82 Å². The zero-order valence-electron chi connectivity index (χ0n) is 12.8. The number of hydrogen-bond acceptors (Lipinski definition) is 3. The highest BCUT2D eigenvalue weighted by Gasteiger charge is 2.32. The topological polar surface area (TPSA) is 51.0 Å². The van der Waals surface area contributed by atoms with E-state index in [1.165, 1.54) is 11.1 Å². The number of rotatable bonds is 1. The van der Waals surface area contributed by atoms with Crippen molar-refractivity contribution in [2.24, 2.45) is 0 Å². The Kier molecular flexibility index (Phi) is 3.21. The van der Waals surface area contributed by atoms with E-state index in [0.29, 0.717) is 6.54 Å².